The van der Waals surface area contributed by atoms with Gasteiger partial charge in [-0.05, 0) is 56.3 Å². The molecule has 0 atom stereocenters. The molecule has 0 saturated heterocycles. The van der Waals surface area contributed by atoms with Crippen LogP contribution in [0.2, 0.25) is 0 Å². The molecule has 0 aliphatic rings. The van der Waals surface area contributed by atoms with E-state index in [9.17, 15) is 9.18 Å². The molecule has 2 aromatic carbocycles. The maximum Gasteiger partial charge on any atom is 0.255 e. The molecule has 4 aromatic rings. The second-order valence-corrected chi connectivity index (χ2v) is 6.59. The van der Waals surface area contributed by atoms with Crippen molar-refractivity contribution in [1.29, 1.82) is 0 Å². The van der Waals surface area contributed by atoms with Gasteiger partial charge in [0.15, 0.2) is 0 Å². The highest BCUT2D eigenvalue weighted by atomic mass is 19.1. The summed E-state index contributed by atoms with van der Waals surface area (Å²) in [6, 6.07) is 14.0. The van der Waals surface area contributed by atoms with Crippen molar-refractivity contribution in [3.8, 4) is 17.4 Å². The van der Waals surface area contributed by atoms with E-state index in [4.69, 9.17) is 4.74 Å². The molecular formula is C22H18FN5O2. The fraction of sp³-hybridized carbons (Fsp3) is 0.0909. The van der Waals surface area contributed by atoms with E-state index in [0.29, 0.717) is 23.1 Å². The zero-order valence-electron chi connectivity index (χ0n) is 16.3. The van der Waals surface area contributed by atoms with Crippen molar-refractivity contribution in [2.24, 2.45) is 0 Å². The molecular weight excluding hydrogens is 385 g/mol. The van der Waals surface area contributed by atoms with Gasteiger partial charge in [-0.2, -0.15) is 0 Å². The van der Waals surface area contributed by atoms with Crippen molar-refractivity contribution in [2.75, 3.05) is 5.32 Å². The molecule has 1 N–H and O–H groups in total. The Bertz CT molecular complexity index is 1200. The predicted octanol–water partition coefficient (Wildman–Crippen LogP) is 4.46. The number of ether oxygens (including phenoxy) is 1. The quantitative estimate of drug-likeness (QED) is 0.532. The summed E-state index contributed by atoms with van der Waals surface area (Å²) in [5.41, 5.74) is 2.71. The predicted molar refractivity (Wildman–Crippen MR) is 109 cm³/mol. The molecule has 7 nitrogen and oxygen atoms in total. The maximum atomic E-state index is 13.3. The van der Waals surface area contributed by atoms with Gasteiger partial charge >= 0.3 is 0 Å². The van der Waals surface area contributed by atoms with Gasteiger partial charge in [-0.15, -0.1) is 0 Å². The number of rotatable bonds is 5. The van der Waals surface area contributed by atoms with Crippen LogP contribution in [-0.2, 0) is 0 Å². The Morgan fingerprint density at radius 1 is 1.03 bits per heavy atom. The summed E-state index contributed by atoms with van der Waals surface area (Å²) in [5, 5.41) is 2.72. The molecule has 0 unspecified atom stereocenters. The van der Waals surface area contributed by atoms with Crippen LogP contribution in [0.15, 0.2) is 67.3 Å². The standard InChI is InChI=1S/C22H18FN5O2/c1-14-15(2)28(13-26-14)20-11-21(25-12-24-20)30-19-8-6-18(7-9-19)27-22(29)16-4-3-5-17(23)10-16/h3-13H,1-2H3,(H,27,29). The van der Waals surface area contributed by atoms with Crippen LogP contribution < -0.4 is 10.1 Å². The maximum absolute atomic E-state index is 13.3. The summed E-state index contributed by atoms with van der Waals surface area (Å²) >= 11 is 0. The number of benzene rings is 2. The Labute approximate surface area is 172 Å². The van der Waals surface area contributed by atoms with E-state index in [-0.39, 0.29) is 5.56 Å². The van der Waals surface area contributed by atoms with Crippen molar-refractivity contribution in [3.05, 3.63) is 90.0 Å². The average molecular weight is 403 g/mol. The summed E-state index contributed by atoms with van der Waals surface area (Å²) in [6.45, 7) is 3.89. The molecule has 0 bridgehead atoms. The van der Waals surface area contributed by atoms with E-state index < -0.39 is 11.7 Å². The number of aromatic nitrogens is 4. The minimum absolute atomic E-state index is 0.244. The highest BCUT2D eigenvalue weighted by molar-refractivity contribution is 6.04. The van der Waals surface area contributed by atoms with Crippen LogP contribution in [0, 0.1) is 19.7 Å². The molecule has 0 aliphatic carbocycles. The smallest absolute Gasteiger partial charge is 0.255 e. The lowest BCUT2D eigenvalue weighted by Crippen LogP contribution is -2.11. The zero-order chi connectivity index (χ0) is 21.1. The molecule has 8 heteroatoms. The largest absolute Gasteiger partial charge is 0.439 e. The van der Waals surface area contributed by atoms with E-state index in [1.165, 1.54) is 24.5 Å². The van der Waals surface area contributed by atoms with Gasteiger partial charge in [-0.3, -0.25) is 9.36 Å². The second kappa shape index (κ2) is 8.12. The lowest BCUT2D eigenvalue weighted by molar-refractivity contribution is 0.102. The van der Waals surface area contributed by atoms with Crippen molar-refractivity contribution < 1.29 is 13.9 Å². The molecule has 2 aromatic heterocycles. The SMILES string of the molecule is Cc1ncn(-c2cc(Oc3ccc(NC(=O)c4cccc(F)c4)cc3)ncn2)c1C. The number of nitrogens with zero attached hydrogens (tertiary/aromatic N) is 4. The fourth-order valence-corrected chi connectivity index (χ4v) is 2.81. The Morgan fingerprint density at radius 2 is 1.83 bits per heavy atom. The van der Waals surface area contributed by atoms with Crippen LogP contribution in [0.4, 0.5) is 10.1 Å². The number of amides is 1. The summed E-state index contributed by atoms with van der Waals surface area (Å²) in [6.07, 6.45) is 3.12. The number of aryl methyl sites for hydroxylation is 1. The second-order valence-electron chi connectivity index (χ2n) is 6.59. The fourth-order valence-electron chi connectivity index (χ4n) is 2.81. The minimum atomic E-state index is -0.461. The molecule has 150 valence electrons. The Morgan fingerprint density at radius 3 is 2.53 bits per heavy atom. The number of hydrogen-bond donors (Lipinski definition) is 1. The Kier molecular flexibility index (Phi) is 5.21. The number of nitrogens with one attached hydrogen (secondary N) is 1. The third kappa shape index (κ3) is 4.17. The van der Waals surface area contributed by atoms with Gasteiger partial charge in [-0.25, -0.2) is 19.3 Å². The third-order valence-corrected chi connectivity index (χ3v) is 4.55. The number of anilines is 1. The van der Waals surface area contributed by atoms with Crippen LogP contribution >= 0.6 is 0 Å². The summed E-state index contributed by atoms with van der Waals surface area (Å²) in [5.74, 6) is 0.715. The lowest BCUT2D eigenvalue weighted by Gasteiger charge is -2.09. The topological polar surface area (TPSA) is 81.9 Å². The van der Waals surface area contributed by atoms with Gasteiger partial charge < -0.3 is 10.1 Å². The zero-order valence-corrected chi connectivity index (χ0v) is 16.3. The summed E-state index contributed by atoms with van der Waals surface area (Å²) in [4.78, 5) is 24.9. The highest BCUT2D eigenvalue weighted by Gasteiger charge is 2.09. The van der Waals surface area contributed by atoms with Crippen LogP contribution in [0.1, 0.15) is 21.7 Å². The first-order valence-electron chi connectivity index (χ1n) is 9.17. The normalized spacial score (nSPS) is 10.6. The van der Waals surface area contributed by atoms with Crippen molar-refractivity contribution in [2.45, 2.75) is 13.8 Å². The number of hydrogen-bond acceptors (Lipinski definition) is 5. The van der Waals surface area contributed by atoms with E-state index in [0.717, 1.165) is 11.4 Å². The molecule has 0 aliphatic heterocycles. The first-order chi connectivity index (χ1) is 14.5. The van der Waals surface area contributed by atoms with Gasteiger partial charge in [0, 0.05) is 23.0 Å². The molecule has 0 fully saturated rings. The van der Waals surface area contributed by atoms with E-state index in [1.54, 1.807) is 42.7 Å². The minimum Gasteiger partial charge on any atom is -0.439 e. The van der Waals surface area contributed by atoms with Crippen molar-refractivity contribution in [1.82, 2.24) is 19.5 Å². The van der Waals surface area contributed by atoms with Crippen LogP contribution in [-0.4, -0.2) is 25.4 Å². The first-order valence-corrected chi connectivity index (χ1v) is 9.17. The summed E-state index contributed by atoms with van der Waals surface area (Å²) in [7, 11) is 0. The molecule has 0 radical (unpaired) electrons. The number of carbonyl (C=O) groups excluding carboxylic acids is 1. The van der Waals surface area contributed by atoms with Crippen molar-refractivity contribution >= 4 is 11.6 Å². The molecule has 0 spiro atoms. The number of carbonyl (C=O) groups is 1. The van der Waals surface area contributed by atoms with Gasteiger partial charge in [-0.1, -0.05) is 6.07 Å². The average Bonchev–Trinajstić information content (AvgIpc) is 3.08. The molecule has 2 heterocycles. The lowest BCUT2D eigenvalue weighted by atomic mass is 10.2. The van der Waals surface area contributed by atoms with Crippen LogP contribution in [0.5, 0.6) is 11.6 Å². The monoisotopic (exact) mass is 403 g/mol. The van der Waals surface area contributed by atoms with Gasteiger partial charge in [0.2, 0.25) is 5.88 Å². The Hall–Kier alpha value is -4.07. The van der Waals surface area contributed by atoms with Crippen molar-refractivity contribution in [3.63, 3.8) is 0 Å². The Balaban J connectivity index is 1.46. The number of halogens is 1. The van der Waals surface area contributed by atoms with E-state index in [1.807, 2.05) is 18.4 Å². The molecule has 0 saturated carbocycles. The van der Waals surface area contributed by atoms with Gasteiger partial charge in [0.05, 0.1) is 5.69 Å². The van der Waals surface area contributed by atoms with E-state index in [2.05, 4.69) is 20.3 Å². The van der Waals surface area contributed by atoms with Crippen LogP contribution in [0.25, 0.3) is 5.82 Å². The number of imidazole rings is 1. The molecule has 4 rings (SSSR count). The van der Waals surface area contributed by atoms with Gasteiger partial charge in [0.1, 0.15) is 30.0 Å². The third-order valence-electron chi connectivity index (χ3n) is 4.55. The first kappa shape index (κ1) is 19.3. The highest BCUT2D eigenvalue weighted by Crippen LogP contribution is 2.23. The molecule has 30 heavy (non-hydrogen) atoms. The van der Waals surface area contributed by atoms with E-state index >= 15 is 0 Å². The van der Waals surface area contributed by atoms with Crippen LogP contribution in [0.3, 0.4) is 0 Å². The summed E-state index contributed by atoms with van der Waals surface area (Å²) < 4.78 is 20.9. The van der Waals surface area contributed by atoms with Gasteiger partial charge in [0.25, 0.3) is 5.91 Å². The molecule has 1 amide bonds.